The lowest BCUT2D eigenvalue weighted by molar-refractivity contribution is 0.255. The predicted octanol–water partition coefficient (Wildman–Crippen LogP) is 1.73. The molecular formula is C16H20N4O3S. The van der Waals surface area contributed by atoms with Crippen molar-refractivity contribution in [3.8, 4) is 5.75 Å². The number of rotatable bonds is 5. The van der Waals surface area contributed by atoms with Crippen LogP contribution in [0.4, 0.5) is 0 Å². The smallest absolute Gasteiger partial charge is 0.217 e. The summed E-state index contributed by atoms with van der Waals surface area (Å²) in [5, 5.41) is -0.185. The molecule has 128 valence electrons. The fourth-order valence-corrected chi connectivity index (χ4v) is 5.14. The van der Waals surface area contributed by atoms with E-state index < -0.39 is 10.0 Å². The van der Waals surface area contributed by atoms with Gasteiger partial charge in [0, 0.05) is 19.3 Å². The lowest BCUT2D eigenvalue weighted by Crippen LogP contribution is -2.43. The molecule has 4 rings (SSSR count). The van der Waals surface area contributed by atoms with Gasteiger partial charge in [-0.3, -0.25) is 4.98 Å². The minimum Gasteiger partial charge on any atom is -0.486 e. The van der Waals surface area contributed by atoms with Crippen molar-refractivity contribution in [2.75, 3.05) is 6.54 Å². The molecule has 24 heavy (non-hydrogen) atoms. The van der Waals surface area contributed by atoms with Gasteiger partial charge in [0.05, 0.1) is 29.4 Å². The van der Waals surface area contributed by atoms with Crippen LogP contribution in [0, 0.1) is 0 Å². The molecule has 0 amide bonds. The Balaban J connectivity index is 1.52. The molecule has 1 saturated carbocycles. The summed E-state index contributed by atoms with van der Waals surface area (Å²) in [5.74, 6) is 1.49. The molecule has 0 saturated heterocycles. The largest absolute Gasteiger partial charge is 0.486 e. The second kappa shape index (κ2) is 5.86. The standard InChI is InChI=1S/C16H20N4O3S/c1-12-16-18-9-13(11-23-14-3-2-6-17-10-14)19(16)7-8-20(12)24(21,22)15-4-5-15/h2-3,6,9-10,12,15H,4-5,7-8,11H2,1H3. The van der Waals surface area contributed by atoms with Crippen LogP contribution < -0.4 is 4.74 Å². The van der Waals surface area contributed by atoms with Crippen LogP contribution in [0.25, 0.3) is 0 Å². The Morgan fingerprint density at radius 1 is 1.29 bits per heavy atom. The highest BCUT2D eigenvalue weighted by atomic mass is 32.2. The highest BCUT2D eigenvalue weighted by Crippen LogP contribution is 2.36. The van der Waals surface area contributed by atoms with E-state index in [-0.39, 0.29) is 11.3 Å². The lowest BCUT2D eigenvalue weighted by atomic mass is 10.2. The summed E-state index contributed by atoms with van der Waals surface area (Å²) < 4.78 is 34.5. The van der Waals surface area contributed by atoms with E-state index in [1.54, 1.807) is 22.9 Å². The normalized spacial score (nSPS) is 21.5. The average Bonchev–Trinajstić information content (AvgIpc) is 3.36. The zero-order valence-electron chi connectivity index (χ0n) is 13.5. The van der Waals surface area contributed by atoms with Gasteiger partial charge < -0.3 is 9.30 Å². The molecule has 0 N–H and O–H groups in total. The van der Waals surface area contributed by atoms with Crippen molar-refractivity contribution in [1.82, 2.24) is 18.8 Å². The molecule has 0 spiro atoms. The third-order valence-corrected chi connectivity index (χ3v) is 7.08. The monoisotopic (exact) mass is 348 g/mol. The van der Waals surface area contributed by atoms with E-state index in [4.69, 9.17) is 4.74 Å². The number of hydrogen-bond donors (Lipinski definition) is 0. The van der Waals surface area contributed by atoms with Crippen molar-refractivity contribution in [3.63, 3.8) is 0 Å². The molecule has 8 heteroatoms. The van der Waals surface area contributed by atoms with E-state index in [0.29, 0.717) is 25.4 Å². The number of aromatic nitrogens is 3. The topological polar surface area (TPSA) is 77.3 Å². The van der Waals surface area contributed by atoms with Crippen LogP contribution >= 0.6 is 0 Å². The maximum Gasteiger partial charge on any atom is 0.217 e. The van der Waals surface area contributed by atoms with Crippen LogP contribution in [0.15, 0.2) is 30.7 Å². The van der Waals surface area contributed by atoms with Crippen molar-refractivity contribution >= 4 is 10.0 Å². The summed E-state index contributed by atoms with van der Waals surface area (Å²) in [7, 11) is -3.19. The van der Waals surface area contributed by atoms with E-state index >= 15 is 0 Å². The fourth-order valence-electron chi connectivity index (χ4n) is 3.15. The highest BCUT2D eigenvalue weighted by molar-refractivity contribution is 7.90. The number of pyridine rings is 1. The fraction of sp³-hybridized carbons (Fsp3) is 0.500. The lowest BCUT2D eigenvalue weighted by Gasteiger charge is -2.33. The van der Waals surface area contributed by atoms with Gasteiger partial charge in [-0.25, -0.2) is 13.4 Å². The first-order valence-corrected chi connectivity index (χ1v) is 9.65. The van der Waals surface area contributed by atoms with Gasteiger partial charge in [0.2, 0.25) is 10.0 Å². The second-order valence-electron chi connectivity index (χ2n) is 6.27. The molecule has 0 aromatic carbocycles. The molecular weight excluding hydrogens is 328 g/mol. The summed E-state index contributed by atoms with van der Waals surface area (Å²) in [6.07, 6.45) is 6.70. The van der Waals surface area contributed by atoms with Crippen LogP contribution in [-0.4, -0.2) is 39.1 Å². The summed E-state index contributed by atoms with van der Waals surface area (Å²) in [6, 6.07) is 3.44. The van der Waals surface area contributed by atoms with Gasteiger partial charge >= 0.3 is 0 Å². The zero-order valence-corrected chi connectivity index (χ0v) is 14.3. The second-order valence-corrected chi connectivity index (χ2v) is 8.43. The molecule has 2 aliphatic rings. The molecule has 1 unspecified atom stereocenters. The first-order valence-electron chi connectivity index (χ1n) is 8.15. The summed E-state index contributed by atoms with van der Waals surface area (Å²) in [6.45, 7) is 3.39. The molecule has 1 aliphatic heterocycles. The van der Waals surface area contributed by atoms with Gasteiger partial charge in [-0.15, -0.1) is 0 Å². The summed E-state index contributed by atoms with van der Waals surface area (Å²) in [4.78, 5) is 8.48. The Kier molecular flexibility index (Phi) is 3.80. The van der Waals surface area contributed by atoms with Gasteiger partial charge in [-0.2, -0.15) is 4.31 Å². The van der Waals surface area contributed by atoms with E-state index in [1.807, 2.05) is 19.1 Å². The van der Waals surface area contributed by atoms with Gasteiger partial charge in [0.15, 0.2) is 0 Å². The number of ether oxygens (including phenoxy) is 1. The minimum absolute atomic E-state index is 0.185. The first-order chi connectivity index (χ1) is 11.6. The molecule has 1 atom stereocenters. The number of imidazole rings is 1. The van der Waals surface area contributed by atoms with Crippen molar-refractivity contribution in [2.24, 2.45) is 0 Å². The van der Waals surface area contributed by atoms with E-state index in [1.165, 1.54) is 0 Å². The number of fused-ring (bicyclic) bond motifs is 1. The Bertz CT molecular complexity index is 830. The van der Waals surface area contributed by atoms with Crippen LogP contribution in [0.3, 0.4) is 0 Å². The Labute approximate surface area is 141 Å². The third-order valence-electron chi connectivity index (χ3n) is 4.61. The van der Waals surface area contributed by atoms with Gasteiger partial charge in [-0.1, -0.05) is 0 Å². The maximum atomic E-state index is 12.5. The van der Waals surface area contributed by atoms with Gasteiger partial charge in [0.25, 0.3) is 0 Å². The Morgan fingerprint density at radius 2 is 2.12 bits per heavy atom. The van der Waals surface area contributed by atoms with E-state index in [0.717, 1.165) is 24.4 Å². The average molecular weight is 348 g/mol. The van der Waals surface area contributed by atoms with Gasteiger partial charge in [-0.05, 0) is 31.9 Å². The summed E-state index contributed by atoms with van der Waals surface area (Å²) in [5.41, 5.74) is 0.948. The SMILES string of the molecule is CC1c2ncc(COc3cccnc3)n2CCN1S(=O)(=O)C1CC1. The molecule has 7 nitrogen and oxygen atoms in total. The molecule has 1 aliphatic carbocycles. The molecule has 0 bridgehead atoms. The molecule has 0 radical (unpaired) electrons. The zero-order chi connectivity index (χ0) is 16.7. The predicted molar refractivity (Wildman–Crippen MR) is 87.9 cm³/mol. The molecule has 3 heterocycles. The molecule has 1 fully saturated rings. The first kappa shape index (κ1) is 15.6. The van der Waals surface area contributed by atoms with Crippen LogP contribution in [0.2, 0.25) is 0 Å². The van der Waals surface area contributed by atoms with Crippen molar-refractivity contribution in [1.29, 1.82) is 0 Å². The van der Waals surface area contributed by atoms with Crippen LogP contribution in [0.1, 0.15) is 37.3 Å². The van der Waals surface area contributed by atoms with Crippen molar-refractivity contribution in [3.05, 3.63) is 42.2 Å². The van der Waals surface area contributed by atoms with Crippen LogP contribution in [-0.2, 0) is 23.2 Å². The van der Waals surface area contributed by atoms with Crippen molar-refractivity contribution in [2.45, 2.75) is 44.2 Å². The molecule has 2 aromatic heterocycles. The van der Waals surface area contributed by atoms with Crippen molar-refractivity contribution < 1.29 is 13.2 Å². The van der Waals surface area contributed by atoms with E-state index in [9.17, 15) is 8.42 Å². The minimum atomic E-state index is -3.19. The summed E-state index contributed by atoms with van der Waals surface area (Å²) >= 11 is 0. The number of sulfonamides is 1. The Hall–Kier alpha value is -1.93. The third kappa shape index (κ3) is 2.69. The van der Waals surface area contributed by atoms with E-state index in [2.05, 4.69) is 14.5 Å². The number of nitrogens with zero attached hydrogens (tertiary/aromatic N) is 4. The van der Waals surface area contributed by atoms with Gasteiger partial charge in [0.1, 0.15) is 18.2 Å². The maximum absolute atomic E-state index is 12.5. The van der Waals surface area contributed by atoms with Crippen LogP contribution in [0.5, 0.6) is 5.75 Å². The quantitative estimate of drug-likeness (QED) is 0.822. The number of hydrogen-bond acceptors (Lipinski definition) is 5. The molecule has 2 aromatic rings. The Morgan fingerprint density at radius 3 is 2.83 bits per heavy atom. The highest BCUT2D eigenvalue weighted by Gasteiger charge is 2.44.